The summed E-state index contributed by atoms with van der Waals surface area (Å²) in [6.07, 6.45) is 3.47. The van der Waals surface area contributed by atoms with Gasteiger partial charge in [0, 0.05) is 30.4 Å². The van der Waals surface area contributed by atoms with Crippen molar-refractivity contribution in [3.05, 3.63) is 47.1 Å². The fourth-order valence-corrected chi connectivity index (χ4v) is 3.09. The third-order valence-corrected chi connectivity index (χ3v) is 5.11. The van der Waals surface area contributed by atoms with Gasteiger partial charge in [0.05, 0.1) is 17.8 Å². The molecule has 0 bridgehead atoms. The number of nitrogens with zero attached hydrogens (tertiary/aromatic N) is 1. The fourth-order valence-electron chi connectivity index (χ4n) is 2.96. The topological polar surface area (TPSA) is 80.7 Å². The minimum atomic E-state index is -0.884. The van der Waals surface area contributed by atoms with E-state index in [1.165, 1.54) is 6.20 Å². The summed E-state index contributed by atoms with van der Waals surface area (Å²) in [4.78, 5) is 16.9. The summed E-state index contributed by atoms with van der Waals surface area (Å²) in [7, 11) is 1.60. The summed E-state index contributed by atoms with van der Waals surface area (Å²) in [5.74, 6) is 0.389. The van der Waals surface area contributed by atoms with Crippen LogP contribution in [0.1, 0.15) is 30.1 Å². The lowest BCUT2D eigenvalue weighted by Crippen LogP contribution is -2.42. The normalized spacial score (nSPS) is 15.7. The zero-order valence-corrected chi connectivity index (χ0v) is 16.8. The summed E-state index contributed by atoms with van der Waals surface area (Å²) in [6, 6.07) is 8.98. The SMILES string of the molecule is COCCOc1ncc(C(=O)NC[C@](C)(O)C2CC2)cc1-c1ccc(Cl)cc1. The van der Waals surface area contributed by atoms with Crippen LogP contribution in [0.25, 0.3) is 11.1 Å². The van der Waals surface area contributed by atoms with Crippen LogP contribution in [0.2, 0.25) is 5.02 Å². The maximum Gasteiger partial charge on any atom is 0.252 e. The van der Waals surface area contributed by atoms with Gasteiger partial charge < -0.3 is 19.9 Å². The predicted octanol–water partition coefficient (Wildman–Crippen LogP) is 3.32. The zero-order chi connectivity index (χ0) is 20.1. The summed E-state index contributed by atoms with van der Waals surface area (Å²) in [5.41, 5.74) is 1.04. The molecule has 0 radical (unpaired) electrons. The molecule has 3 rings (SSSR count). The molecule has 1 amide bonds. The van der Waals surface area contributed by atoms with E-state index >= 15 is 0 Å². The van der Waals surface area contributed by atoms with E-state index in [-0.39, 0.29) is 18.4 Å². The smallest absolute Gasteiger partial charge is 0.252 e. The average Bonchev–Trinajstić information content (AvgIpc) is 3.53. The van der Waals surface area contributed by atoms with Crippen molar-refractivity contribution in [2.24, 2.45) is 5.92 Å². The largest absolute Gasteiger partial charge is 0.475 e. The van der Waals surface area contributed by atoms with E-state index in [1.54, 1.807) is 32.2 Å². The van der Waals surface area contributed by atoms with Crippen LogP contribution in [-0.4, -0.2) is 48.5 Å². The molecule has 1 atom stereocenters. The van der Waals surface area contributed by atoms with Gasteiger partial charge in [-0.05, 0) is 49.4 Å². The molecule has 0 spiro atoms. The lowest BCUT2D eigenvalue weighted by molar-refractivity contribution is 0.0354. The second-order valence-electron chi connectivity index (χ2n) is 7.24. The first kappa shape index (κ1) is 20.6. The number of rotatable bonds is 9. The lowest BCUT2D eigenvalue weighted by Gasteiger charge is -2.23. The van der Waals surface area contributed by atoms with Gasteiger partial charge in [0.2, 0.25) is 5.88 Å². The van der Waals surface area contributed by atoms with Gasteiger partial charge in [-0.25, -0.2) is 4.98 Å². The number of ether oxygens (including phenoxy) is 2. The standard InChI is InChI=1S/C21H25ClN2O4/c1-21(26,16-5-6-16)13-24-19(25)15-11-18(14-3-7-17(22)8-4-14)20(23-12-15)28-10-9-27-2/h3-4,7-8,11-12,16,26H,5-6,9-10,13H2,1-2H3,(H,24,25)/t21-/m0/s1. The third-order valence-electron chi connectivity index (χ3n) is 4.86. The number of aliphatic hydroxyl groups is 1. The number of hydrogen-bond donors (Lipinski definition) is 2. The quantitative estimate of drug-likeness (QED) is 0.626. The highest BCUT2D eigenvalue weighted by atomic mass is 35.5. The van der Waals surface area contributed by atoms with Gasteiger partial charge in [-0.1, -0.05) is 23.7 Å². The molecule has 1 fully saturated rings. The molecule has 0 aliphatic heterocycles. The summed E-state index contributed by atoms with van der Waals surface area (Å²) in [6.45, 7) is 2.74. The monoisotopic (exact) mass is 404 g/mol. The molecule has 1 aromatic heterocycles. The first-order valence-corrected chi connectivity index (χ1v) is 9.67. The molecule has 28 heavy (non-hydrogen) atoms. The summed E-state index contributed by atoms with van der Waals surface area (Å²) in [5, 5.41) is 13.8. The van der Waals surface area contributed by atoms with Gasteiger partial charge in [0.25, 0.3) is 5.91 Å². The second-order valence-corrected chi connectivity index (χ2v) is 7.68. The predicted molar refractivity (Wildman–Crippen MR) is 108 cm³/mol. The van der Waals surface area contributed by atoms with Crippen molar-refractivity contribution in [2.75, 3.05) is 26.9 Å². The van der Waals surface area contributed by atoms with Crippen LogP contribution in [0.15, 0.2) is 36.5 Å². The number of carbonyl (C=O) groups is 1. The minimum absolute atomic E-state index is 0.207. The van der Waals surface area contributed by atoms with Crippen LogP contribution in [0.3, 0.4) is 0 Å². The Kier molecular flexibility index (Phi) is 6.54. The third kappa shape index (κ3) is 5.22. The van der Waals surface area contributed by atoms with E-state index in [4.69, 9.17) is 21.1 Å². The van der Waals surface area contributed by atoms with Gasteiger partial charge in [-0.15, -0.1) is 0 Å². The Morgan fingerprint density at radius 3 is 2.68 bits per heavy atom. The van der Waals surface area contributed by atoms with Gasteiger partial charge >= 0.3 is 0 Å². The first-order valence-electron chi connectivity index (χ1n) is 9.29. The zero-order valence-electron chi connectivity index (χ0n) is 16.1. The Hall–Kier alpha value is -2.15. The van der Waals surface area contributed by atoms with E-state index in [1.807, 2.05) is 12.1 Å². The van der Waals surface area contributed by atoms with Crippen molar-refractivity contribution >= 4 is 17.5 Å². The number of nitrogens with one attached hydrogen (secondary N) is 1. The van der Waals surface area contributed by atoms with Crippen LogP contribution in [0, 0.1) is 5.92 Å². The van der Waals surface area contributed by atoms with Crippen molar-refractivity contribution in [2.45, 2.75) is 25.4 Å². The molecule has 1 aliphatic carbocycles. The number of pyridine rings is 1. The Bertz CT molecular complexity index is 820. The maximum atomic E-state index is 12.6. The van der Waals surface area contributed by atoms with Crippen LogP contribution in [0.4, 0.5) is 0 Å². The summed E-state index contributed by atoms with van der Waals surface area (Å²) < 4.78 is 10.7. The van der Waals surface area contributed by atoms with Crippen LogP contribution in [-0.2, 0) is 4.74 Å². The first-order chi connectivity index (χ1) is 13.4. The average molecular weight is 405 g/mol. The van der Waals surface area contributed by atoms with Crippen LogP contribution in [0.5, 0.6) is 5.88 Å². The second kappa shape index (κ2) is 8.90. The van der Waals surface area contributed by atoms with Crippen molar-refractivity contribution in [3.63, 3.8) is 0 Å². The number of aromatic nitrogens is 1. The molecule has 0 saturated heterocycles. The number of carbonyl (C=O) groups excluding carboxylic acids is 1. The molecule has 0 unspecified atom stereocenters. The molecule has 7 heteroatoms. The molecular weight excluding hydrogens is 380 g/mol. The molecule has 1 aliphatic rings. The van der Waals surface area contributed by atoms with Crippen molar-refractivity contribution in [1.29, 1.82) is 0 Å². The Balaban J connectivity index is 1.80. The lowest BCUT2D eigenvalue weighted by atomic mass is 10.0. The van der Waals surface area contributed by atoms with E-state index in [9.17, 15) is 9.90 Å². The van der Waals surface area contributed by atoms with E-state index in [2.05, 4.69) is 10.3 Å². The van der Waals surface area contributed by atoms with Crippen molar-refractivity contribution in [1.82, 2.24) is 10.3 Å². The minimum Gasteiger partial charge on any atom is -0.475 e. The molecular formula is C21H25ClN2O4. The van der Waals surface area contributed by atoms with E-state index in [0.29, 0.717) is 35.2 Å². The Morgan fingerprint density at radius 2 is 2.04 bits per heavy atom. The van der Waals surface area contributed by atoms with Crippen LogP contribution >= 0.6 is 11.6 Å². The van der Waals surface area contributed by atoms with E-state index in [0.717, 1.165) is 18.4 Å². The molecule has 2 N–H and O–H groups in total. The highest BCUT2D eigenvalue weighted by Gasteiger charge is 2.40. The molecule has 1 saturated carbocycles. The van der Waals surface area contributed by atoms with Crippen molar-refractivity contribution in [3.8, 4) is 17.0 Å². The maximum absolute atomic E-state index is 12.6. The number of benzene rings is 1. The summed E-state index contributed by atoms with van der Waals surface area (Å²) >= 11 is 5.99. The Labute approximate surface area is 169 Å². The van der Waals surface area contributed by atoms with Gasteiger partial charge in [0.1, 0.15) is 6.61 Å². The molecule has 2 aromatic rings. The molecule has 1 aromatic carbocycles. The highest BCUT2D eigenvalue weighted by Crippen LogP contribution is 2.39. The van der Waals surface area contributed by atoms with Crippen molar-refractivity contribution < 1.29 is 19.4 Å². The van der Waals surface area contributed by atoms with Gasteiger partial charge in [0.15, 0.2) is 0 Å². The molecule has 150 valence electrons. The van der Waals surface area contributed by atoms with E-state index < -0.39 is 5.60 Å². The highest BCUT2D eigenvalue weighted by molar-refractivity contribution is 6.30. The van der Waals surface area contributed by atoms with Gasteiger partial charge in [-0.2, -0.15) is 0 Å². The number of hydrogen-bond acceptors (Lipinski definition) is 5. The fraction of sp³-hybridized carbons (Fsp3) is 0.429. The number of methoxy groups -OCH3 is 1. The van der Waals surface area contributed by atoms with Crippen LogP contribution < -0.4 is 10.1 Å². The number of amides is 1. The number of halogens is 1. The Morgan fingerprint density at radius 1 is 1.32 bits per heavy atom. The van der Waals surface area contributed by atoms with Gasteiger partial charge in [-0.3, -0.25) is 4.79 Å². The molecule has 1 heterocycles. The molecule has 6 nitrogen and oxygen atoms in total.